The van der Waals surface area contributed by atoms with Gasteiger partial charge in [-0.25, -0.2) is 0 Å². The molecule has 1 aliphatic heterocycles. The Morgan fingerprint density at radius 3 is 2.56 bits per heavy atom. The molecular weight excluding hydrogens is 416 g/mol. The van der Waals surface area contributed by atoms with Gasteiger partial charge < -0.3 is 0 Å². The number of aromatic nitrogens is 3. The molecule has 1 fully saturated rings. The van der Waals surface area contributed by atoms with Crippen molar-refractivity contribution in [2.45, 2.75) is 30.3 Å². The highest BCUT2D eigenvalue weighted by molar-refractivity contribution is 9.11. The standard InChI is InChI=1S/C18H19BrN4S2/c19-16-9-8-15(25-16)13-24-18-21-20-17(12-22-10-4-5-11-22)23(18)14-6-2-1-3-7-14/h1-3,6-9H,4-5,10-13H2. The topological polar surface area (TPSA) is 34.0 Å². The maximum Gasteiger partial charge on any atom is 0.196 e. The molecule has 7 heteroatoms. The molecule has 1 saturated heterocycles. The van der Waals surface area contributed by atoms with Gasteiger partial charge in [0.25, 0.3) is 0 Å². The van der Waals surface area contributed by atoms with Crippen LogP contribution < -0.4 is 0 Å². The van der Waals surface area contributed by atoms with E-state index in [2.05, 4.69) is 72.0 Å². The van der Waals surface area contributed by atoms with Crippen LogP contribution in [0.2, 0.25) is 0 Å². The number of thioether (sulfide) groups is 1. The van der Waals surface area contributed by atoms with Gasteiger partial charge in [-0.15, -0.1) is 21.5 Å². The Kier molecular flexibility index (Phi) is 5.55. The number of rotatable bonds is 6. The van der Waals surface area contributed by atoms with Crippen LogP contribution in [0.3, 0.4) is 0 Å². The van der Waals surface area contributed by atoms with E-state index in [0.29, 0.717) is 0 Å². The van der Waals surface area contributed by atoms with Gasteiger partial charge in [-0.05, 0) is 66.1 Å². The minimum Gasteiger partial charge on any atom is -0.296 e. The Hall–Kier alpha value is -1.15. The molecule has 4 rings (SSSR count). The summed E-state index contributed by atoms with van der Waals surface area (Å²) in [5, 5.41) is 9.98. The van der Waals surface area contributed by atoms with Crippen molar-refractivity contribution in [1.82, 2.24) is 19.7 Å². The van der Waals surface area contributed by atoms with Crippen LogP contribution >= 0.6 is 39.0 Å². The van der Waals surface area contributed by atoms with Gasteiger partial charge in [0.2, 0.25) is 0 Å². The SMILES string of the molecule is Brc1ccc(CSc2nnc(CN3CCCC3)n2-c2ccccc2)s1. The number of halogens is 1. The Labute approximate surface area is 164 Å². The first kappa shape index (κ1) is 17.3. The summed E-state index contributed by atoms with van der Waals surface area (Å²) < 4.78 is 3.38. The number of benzene rings is 1. The minimum atomic E-state index is 0.868. The quantitative estimate of drug-likeness (QED) is 0.512. The lowest BCUT2D eigenvalue weighted by molar-refractivity contribution is 0.319. The second kappa shape index (κ2) is 8.03. The van der Waals surface area contributed by atoms with Crippen molar-refractivity contribution in [2.24, 2.45) is 0 Å². The molecule has 2 aromatic heterocycles. The van der Waals surface area contributed by atoms with Crippen molar-refractivity contribution < 1.29 is 0 Å². The number of likely N-dealkylation sites (tertiary alicyclic amines) is 1. The Balaban J connectivity index is 1.60. The maximum atomic E-state index is 4.52. The number of nitrogens with zero attached hydrogens (tertiary/aromatic N) is 4. The van der Waals surface area contributed by atoms with E-state index in [4.69, 9.17) is 0 Å². The molecule has 25 heavy (non-hydrogen) atoms. The molecule has 1 aromatic carbocycles. The van der Waals surface area contributed by atoms with Crippen LogP contribution in [0.5, 0.6) is 0 Å². The lowest BCUT2D eigenvalue weighted by Crippen LogP contribution is -2.21. The van der Waals surface area contributed by atoms with E-state index >= 15 is 0 Å². The summed E-state index contributed by atoms with van der Waals surface area (Å²) >= 11 is 7.05. The molecule has 0 aliphatic carbocycles. The van der Waals surface area contributed by atoms with Crippen LogP contribution in [0.1, 0.15) is 23.5 Å². The van der Waals surface area contributed by atoms with Gasteiger partial charge in [0.15, 0.2) is 11.0 Å². The summed E-state index contributed by atoms with van der Waals surface area (Å²) in [6.07, 6.45) is 2.57. The average molecular weight is 435 g/mol. The molecular formula is C18H19BrN4S2. The van der Waals surface area contributed by atoms with Crippen molar-refractivity contribution in [1.29, 1.82) is 0 Å². The Morgan fingerprint density at radius 1 is 1.04 bits per heavy atom. The van der Waals surface area contributed by atoms with E-state index in [9.17, 15) is 0 Å². The third kappa shape index (κ3) is 4.16. The molecule has 0 amide bonds. The van der Waals surface area contributed by atoms with Gasteiger partial charge in [0.05, 0.1) is 10.3 Å². The second-order valence-electron chi connectivity index (χ2n) is 6.05. The normalized spacial score (nSPS) is 15.1. The van der Waals surface area contributed by atoms with Crippen LogP contribution in [0.4, 0.5) is 0 Å². The zero-order chi connectivity index (χ0) is 17.1. The number of para-hydroxylation sites is 1. The number of hydrogen-bond acceptors (Lipinski definition) is 5. The van der Waals surface area contributed by atoms with Gasteiger partial charge in [0, 0.05) is 16.3 Å². The Morgan fingerprint density at radius 2 is 1.84 bits per heavy atom. The molecule has 0 atom stereocenters. The van der Waals surface area contributed by atoms with Crippen LogP contribution in [-0.4, -0.2) is 32.8 Å². The van der Waals surface area contributed by atoms with Gasteiger partial charge in [0.1, 0.15) is 0 Å². The number of thiophene rings is 1. The van der Waals surface area contributed by atoms with E-state index in [-0.39, 0.29) is 0 Å². The molecule has 0 radical (unpaired) electrons. The molecule has 3 heterocycles. The lowest BCUT2D eigenvalue weighted by Gasteiger charge is -2.15. The largest absolute Gasteiger partial charge is 0.296 e. The summed E-state index contributed by atoms with van der Waals surface area (Å²) in [6, 6.07) is 14.7. The van der Waals surface area contributed by atoms with Gasteiger partial charge in [-0.2, -0.15) is 0 Å². The molecule has 0 spiro atoms. The van der Waals surface area contributed by atoms with E-state index < -0.39 is 0 Å². The molecule has 4 nitrogen and oxygen atoms in total. The number of hydrogen-bond donors (Lipinski definition) is 0. The first-order valence-electron chi connectivity index (χ1n) is 8.39. The van der Waals surface area contributed by atoms with E-state index in [1.807, 2.05) is 6.07 Å². The van der Waals surface area contributed by atoms with Crippen molar-refractivity contribution in [3.8, 4) is 5.69 Å². The van der Waals surface area contributed by atoms with Crippen molar-refractivity contribution >= 4 is 39.0 Å². The molecule has 130 valence electrons. The summed E-state index contributed by atoms with van der Waals surface area (Å²) in [6.45, 7) is 3.19. The first-order valence-corrected chi connectivity index (χ1v) is 11.0. The highest BCUT2D eigenvalue weighted by Gasteiger charge is 2.19. The average Bonchev–Trinajstić information content (AvgIpc) is 3.36. The van der Waals surface area contributed by atoms with Crippen molar-refractivity contribution in [3.05, 3.63) is 57.0 Å². The fourth-order valence-electron chi connectivity index (χ4n) is 3.04. The monoisotopic (exact) mass is 434 g/mol. The van der Waals surface area contributed by atoms with Gasteiger partial charge >= 0.3 is 0 Å². The summed E-state index contributed by atoms with van der Waals surface area (Å²) in [5.41, 5.74) is 1.14. The molecule has 3 aromatic rings. The predicted molar refractivity (Wildman–Crippen MR) is 107 cm³/mol. The first-order chi connectivity index (χ1) is 12.3. The molecule has 0 bridgehead atoms. The summed E-state index contributed by atoms with van der Waals surface area (Å²) in [7, 11) is 0. The summed E-state index contributed by atoms with van der Waals surface area (Å²) in [4.78, 5) is 3.80. The fraction of sp³-hybridized carbons (Fsp3) is 0.333. The minimum absolute atomic E-state index is 0.868. The zero-order valence-electron chi connectivity index (χ0n) is 13.8. The smallest absolute Gasteiger partial charge is 0.196 e. The zero-order valence-corrected chi connectivity index (χ0v) is 17.0. The molecule has 0 N–H and O–H groups in total. The molecule has 1 aliphatic rings. The van der Waals surface area contributed by atoms with Crippen LogP contribution in [-0.2, 0) is 12.3 Å². The van der Waals surface area contributed by atoms with Crippen LogP contribution in [0.25, 0.3) is 5.69 Å². The van der Waals surface area contributed by atoms with E-state index in [1.54, 1.807) is 23.1 Å². The van der Waals surface area contributed by atoms with Crippen molar-refractivity contribution in [2.75, 3.05) is 13.1 Å². The summed E-state index contributed by atoms with van der Waals surface area (Å²) in [5.74, 6) is 1.94. The van der Waals surface area contributed by atoms with E-state index in [0.717, 1.165) is 42.1 Å². The third-order valence-electron chi connectivity index (χ3n) is 4.25. The van der Waals surface area contributed by atoms with Gasteiger partial charge in [-0.1, -0.05) is 30.0 Å². The molecule has 0 unspecified atom stereocenters. The fourth-order valence-corrected chi connectivity index (χ4v) is 5.54. The van der Waals surface area contributed by atoms with Gasteiger partial charge in [-0.3, -0.25) is 9.47 Å². The third-order valence-corrected chi connectivity index (χ3v) is 7.03. The highest BCUT2D eigenvalue weighted by Crippen LogP contribution is 2.30. The lowest BCUT2D eigenvalue weighted by atomic mass is 10.3. The predicted octanol–water partition coefficient (Wildman–Crippen LogP) is 4.98. The van der Waals surface area contributed by atoms with E-state index in [1.165, 1.54) is 21.5 Å². The van der Waals surface area contributed by atoms with Crippen LogP contribution in [0.15, 0.2) is 51.4 Å². The second-order valence-corrected chi connectivity index (χ2v) is 9.54. The Bertz CT molecular complexity index is 825. The maximum absolute atomic E-state index is 4.52. The van der Waals surface area contributed by atoms with Crippen molar-refractivity contribution in [3.63, 3.8) is 0 Å². The molecule has 0 saturated carbocycles. The van der Waals surface area contributed by atoms with Crippen LogP contribution in [0, 0.1) is 0 Å². The highest BCUT2D eigenvalue weighted by atomic mass is 79.9.